The fourth-order valence-electron chi connectivity index (χ4n) is 1.71. The van der Waals surface area contributed by atoms with Crippen LogP contribution in [-0.4, -0.2) is 47.6 Å². The maximum absolute atomic E-state index is 7.32. The molecule has 2 rings (SSSR count). The first-order valence-corrected chi connectivity index (χ1v) is 6.07. The van der Waals surface area contributed by atoms with Crippen molar-refractivity contribution in [3.05, 3.63) is 0 Å². The zero-order chi connectivity index (χ0) is 13.8. The van der Waals surface area contributed by atoms with Crippen LogP contribution in [0.4, 0.5) is 5.95 Å². The summed E-state index contributed by atoms with van der Waals surface area (Å²) >= 11 is 0. The second-order valence-corrected chi connectivity index (χ2v) is 4.31. The van der Waals surface area contributed by atoms with Crippen molar-refractivity contribution < 1.29 is 9.47 Å². The summed E-state index contributed by atoms with van der Waals surface area (Å²) in [5, 5.41) is 7.32. The van der Waals surface area contributed by atoms with E-state index in [1.165, 1.54) is 14.2 Å². The topological polar surface area (TPSA) is 110 Å². The van der Waals surface area contributed by atoms with Crippen LogP contribution >= 0.6 is 0 Å². The number of nitrogens with zero attached hydrogens (tertiary/aromatic N) is 4. The minimum Gasteiger partial charge on any atom is -0.467 e. The van der Waals surface area contributed by atoms with Crippen molar-refractivity contribution in [1.82, 2.24) is 15.0 Å². The van der Waals surface area contributed by atoms with Crippen molar-refractivity contribution in [2.45, 2.75) is 25.3 Å². The first-order valence-electron chi connectivity index (χ1n) is 6.07. The van der Waals surface area contributed by atoms with Crippen molar-refractivity contribution in [2.75, 3.05) is 25.7 Å². The van der Waals surface area contributed by atoms with Crippen LogP contribution in [0.3, 0.4) is 0 Å². The average molecular weight is 266 g/mol. The number of ether oxygens (including phenoxy) is 2. The summed E-state index contributed by atoms with van der Waals surface area (Å²) in [5.74, 6) is 0.658. The quantitative estimate of drug-likeness (QED) is 0.535. The van der Waals surface area contributed by atoms with Crippen LogP contribution in [0.25, 0.3) is 0 Å². The van der Waals surface area contributed by atoms with Crippen LogP contribution in [0.5, 0.6) is 12.0 Å². The summed E-state index contributed by atoms with van der Waals surface area (Å²) in [6.07, 6.45) is 2.66. The Morgan fingerprint density at radius 3 is 2.26 bits per heavy atom. The third-order valence-corrected chi connectivity index (χ3v) is 2.81. The van der Waals surface area contributed by atoms with E-state index in [-0.39, 0.29) is 17.9 Å². The van der Waals surface area contributed by atoms with Gasteiger partial charge in [-0.05, 0) is 12.8 Å². The Kier molecular flexibility index (Phi) is 3.98. The monoisotopic (exact) mass is 266 g/mol. The molecule has 0 bridgehead atoms. The molecular formula is C11H18N6O2. The van der Waals surface area contributed by atoms with E-state index in [9.17, 15) is 0 Å². The number of nitrogens with two attached hydrogens (primary N) is 1. The molecule has 1 aromatic rings. The second kappa shape index (κ2) is 5.68. The minimum atomic E-state index is 0.152. The van der Waals surface area contributed by atoms with Gasteiger partial charge in [0.05, 0.1) is 20.1 Å². The fourth-order valence-corrected chi connectivity index (χ4v) is 1.71. The number of methoxy groups -OCH3 is 2. The van der Waals surface area contributed by atoms with E-state index in [0.717, 1.165) is 12.8 Å². The van der Waals surface area contributed by atoms with Gasteiger partial charge < -0.3 is 20.1 Å². The van der Waals surface area contributed by atoms with Crippen LogP contribution in [-0.2, 0) is 0 Å². The van der Waals surface area contributed by atoms with Gasteiger partial charge >= 0.3 is 12.0 Å². The van der Waals surface area contributed by atoms with Crippen LogP contribution in [0.2, 0.25) is 0 Å². The lowest BCUT2D eigenvalue weighted by atomic mass is 10.3. The van der Waals surface area contributed by atoms with Gasteiger partial charge in [-0.15, -0.1) is 4.98 Å². The molecule has 1 fully saturated rings. The number of rotatable bonds is 7. The van der Waals surface area contributed by atoms with E-state index in [2.05, 4.69) is 15.0 Å². The molecule has 1 aliphatic rings. The fraction of sp³-hybridized carbons (Fsp3) is 0.636. The Hall–Kier alpha value is -2.12. The Morgan fingerprint density at radius 2 is 1.84 bits per heavy atom. The molecule has 1 aromatic heterocycles. The standard InChI is InChI=1S/C11H18N6O2/c1-18-10-14-9(15-11(16-10)19-2)17(7-3-4-7)6-5-8(12)13/h7H,3-6H2,1-2H3,(H3,12,13). The van der Waals surface area contributed by atoms with Crippen molar-refractivity contribution >= 4 is 11.8 Å². The molecule has 0 radical (unpaired) electrons. The van der Waals surface area contributed by atoms with Gasteiger partial charge in [0, 0.05) is 19.0 Å². The van der Waals surface area contributed by atoms with Crippen molar-refractivity contribution in [3.63, 3.8) is 0 Å². The SMILES string of the molecule is COc1nc(OC)nc(N(CCC(=N)N)C2CC2)n1. The smallest absolute Gasteiger partial charge is 0.324 e. The first kappa shape index (κ1) is 13.3. The zero-order valence-corrected chi connectivity index (χ0v) is 11.1. The van der Waals surface area contributed by atoms with Crippen molar-refractivity contribution in [1.29, 1.82) is 5.41 Å². The van der Waals surface area contributed by atoms with Crippen LogP contribution < -0.4 is 20.1 Å². The van der Waals surface area contributed by atoms with Crippen molar-refractivity contribution in [3.8, 4) is 12.0 Å². The number of aromatic nitrogens is 3. The molecule has 0 aromatic carbocycles. The molecule has 1 heterocycles. The van der Waals surface area contributed by atoms with Crippen LogP contribution in [0.15, 0.2) is 0 Å². The molecule has 3 N–H and O–H groups in total. The lowest BCUT2D eigenvalue weighted by Gasteiger charge is -2.22. The Morgan fingerprint density at radius 1 is 1.26 bits per heavy atom. The van der Waals surface area contributed by atoms with Gasteiger partial charge in [-0.3, -0.25) is 5.41 Å². The van der Waals surface area contributed by atoms with Crippen LogP contribution in [0, 0.1) is 5.41 Å². The molecule has 19 heavy (non-hydrogen) atoms. The van der Waals surface area contributed by atoms with Gasteiger partial charge in [0.2, 0.25) is 5.95 Å². The zero-order valence-electron chi connectivity index (χ0n) is 11.1. The summed E-state index contributed by atoms with van der Waals surface area (Å²) in [7, 11) is 2.99. The number of nitrogens with one attached hydrogen (secondary N) is 1. The highest BCUT2D eigenvalue weighted by molar-refractivity contribution is 5.77. The van der Waals surface area contributed by atoms with Gasteiger partial charge in [0.25, 0.3) is 0 Å². The molecule has 0 saturated heterocycles. The van der Waals surface area contributed by atoms with Gasteiger partial charge in [0.15, 0.2) is 0 Å². The van der Waals surface area contributed by atoms with E-state index in [0.29, 0.717) is 25.0 Å². The maximum atomic E-state index is 7.32. The van der Waals surface area contributed by atoms with Crippen molar-refractivity contribution in [2.24, 2.45) is 5.73 Å². The molecule has 8 nitrogen and oxygen atoms in total. The summed E-state index contributed by atoms with van der Waals surface area (Å²) in [4.78, 5) is 14.4. The summed E-state index contributed by atoms with van der Waals surface area (Å²) in [6.45, 7) is 0.607. The summed E-state index contributed by atoms with van der Waals surface area (Å²) in [6, 6.07) is 0.835. The predicted octanol–water partition coefficient (Wildman–Crippen LogP) is 0.184. The summed E-state index contributed by atoms with van der Waals surface area (Å²) < 4.78 is 10.1. The lowest BCUT2D eigenvalue weighted by Crippen LogP contribution is -2.31. The molecule has 8 heteroatoms. The Bertz CT molecular complexity index is 440. The van der Waals surface area contributed by atoms with E-state index < -0.39 is 0 Å². The largest absolute Gasteiger partial charge is 0.467 e. The first-order chi connectivity index (χ1) is 9.13. The van der Waals surface area contributed by atoms with E-state index in [1.807, 2.05) is 4.90 Å². The number of hydrogen-bond donors (Lipinski definition) is 2. The minimum absolute atomic E-state index is 0.152. The normalized spacial score (nSPS) is 14.0. The number of hydrogen-bond acceptors (Lipinski definition) is 7. The molecule has 1 aliphatic carbocycles. The molecule has 104 valence electrons. The van der Waals surface area contributed by atoms with E-state index in [1.54, 1.807) is 0 Å². The third-order valence-electron chi connectivity index (χ3n) is 2.81. The number of amidine groups is 1. The predicted molar refractivity (Wildman–Crippen MR) is 69.8 cm³/mol. The summed E-state index contributed by atoms with van der Waals surface area (Å²) in [5.41, 5.74) is 5.41. The van der Waals surface area contributed by atoms with Crippen LogP contribution in [0.1, 0.15) is 19.3 Å². The highest BCUT2D eigenvalue weighted by Gasteiger charge is 2.31. The Labute approximate surface area is 111 Å². The van der Waals surface area contributed by atoms with Gasteiger partial charge in [0.1, 0.15) is 0 Å². The van der Waals surface area contributed by atoms with Gasteiger partial charge in [-0.2, -0.15) is 9.97 Å². The maximum Gasteiger partial charge on any atom is 0.324 e. The third kappa shape index (κ3) is 3.43. The molecule has 1 saturated carbocycles. The molecule has 0 atom stereocenters. The molecule has 0 aliphatic heterocycles. The highest BCUT2D eigenvalue weighted by atomic mass is 16.5. The average Bonchev–Trinajstić information content (AvgIpc) is 3.22. The molecule has 0 unspecified atom stereocenters. The molecule has 0 amide bonds. The van der Waals surface area contributed by atoms with E-state index in [4.69, 9.17) is 20.6 Å². The lowest BCUT2D eigenvalue weighted by molar-refractivity contribution is 0.339. The molecular weight excluding hydrogens is 248 g/mol. The van der Waals surface area contributed by atoms with E-state index >= 15 is 0 Å². The second-order valence-electron chi connectivity index (χ2n) is 4.31. The van der Waals surface area contributed by atoms with Gasteiger partial charge in [-0.1, -0.05) is 0 Å². The Balaban J connectivity index is 2.22. The van der Waals surface area contributed by atoms with Gasteiger partial charge in [-0.25, -0.2) is 0 Å². The highest BCUT2D eigenvalue weighted by Crippen LogP contribution is 2.30. The molecule has 0 spiro atoms. The number of anilines is 1.